The van der Waals surface area contributed by atoms with E-state index in [0.717, 1.165) is 43.3 Å². The number of rotatable bonds is 9. The molecule has 0 spiro atoms. The molecule has 116 valence electrons. The van der Waals surface area contributed by atoms with Crippen molar-refractivity contribution in [2.24, 2.45) is 0 Å². The van der Waals surface area contributed by atoms with E-state index < -0.39 is 0 Å². The number of nitrogens with zero attached hydrogens (tertiary/aromatic N) is 4. The van der Waals surface area contributed by atoms with Crippen molar-refractivity contribution in [3.05, 3.63) is 16.9 Å². The SMILES string of the molecule is CCCNC(CN(C)C)c1c(Cl)cnn1CCN(C)C. The summed E-state index contributed by atoms with van der Waals surface area (Å²) in [4.78, 5) is 4.33. The van der Waals surface area contributed by atoms with Gasteiger partial charge in [-0.3, -0.25) is 4.68 Å². The van der Waals surface area contributed by atoms with Crippen molar-refractivity contribution >= 4 is 11.6 Å². The summed E-state index contributed by atoms with van der Waals surface area (Å²) in [6.07, 6.45) is 2.86. The van der Waals surface area contributed by atoms with Crippen LogP contribution in [-0.2, 0) is 6.54 Å². The molecule has 1 atom stereocenters. The molecule has 0 aliphatic carbocycles. The molecule has 0 saturated carbocycles. The first kappa shape index (κ1) is 17.4. The molecule has 0 aliphatic heterocycles. The summed E-state index contributed by atoms with van der Waals surface area (Å²) in [5, 5.41) is 8.74. The molecule has 20 heavy (non-hydrogen) atoms. The van der Waals surface area contributed by atoms with Crippen molar-refractivity contribution in [2.45, 2.75) is 25.9 Å². The van der Waals surface area contributed by atoms with Crippen molar-refractivity contribution in [1.82, 2.24) is 24.9 Å². The lowest BCUT2D eigenvalue weighted by molar-refractivity contribution is 0.320. The van der Waals surface area contributed by atoms with E-state index in [1.807, 2.05) is 4.68 Å². The molecule has 5 nitrogen and oxygen atoms in total. The van der Waals surface area contributed by atoms with E-state index >= 15 is 0 Å². The molecule has 1 aromatic rings. The molecule has 0 radical (unpaired) electrons. The third kappa shape index (κ3) is 5.40. The maximum Gasteiger partial charge on any atom is 0.0834 e. The van der Waals surface area contributed by atoms with E-state index in [2.05, 4.69) is 55.3 Å². The lowest BCUT2D eigenvalue weighted by atomic mass is 10.2. The molecule has 1 rings (SSSR count). The van der Waals surface area contributed by atoms with Crippen LogP contribution in [0.5, 0.6) is 0 Å². The highest BCUT2D eigenvalue weighted by Crippen LogP contribution is 2.23. The highest BCUT2D eigenvalue weighted by molar-refractivity contribution is 6.31. The highest BCUT2D eigenvalue weighted by atomic mass is 35.5. The van der Waals surface area contributed by atoms with Gasteiger partial charge in [-0.2, -0.15) is 5.10 Å². The molecule has 0 bridgehead atoms. The zero-order valence-electron chi connectivity index (χ0n) is 13.4. The first-order valence-corrected chi connectivity index (χ1v) is 7.57. The van der Waals surface area contributed by atoms with Gasteiger partial charge in [0.05, 0.1) is 29.5 Å². The standard InChI is InChI=1S/C14H28ClN5/c1-6-7-16-13(11-19(4)5)14-12(15)10-17-20(14)9-8-18(2)3/h10,13,16H,6-9,11H2,1-5H3. The highest BCUT2D eigenvalue weighted by Gasteiger charge is 2.20. The van der Waals surface area contributed by atoms with Gasteiger partial charge in [0.25, 0.3) is 0 Å². The van der Waals surface area contributed by atoms with Crippen LogP contribution >= 0.6 is 11.6 Å². The minimum absolute atomic E-state index is 0.210. The van der Waals surface area contributed by atoms with Crippen LogP contribution in [0.2, 0.25) is 5.02 Å². The summed E-state index contributed by atoms with van der Waals surface area (Å²) in [5.41, 5.74) is 1.09. The summed E-state index contributed by atoms with van der Waals surface area (Å²) in [5.74, 6) is 0. The van der Waals surface area contributed by atoms with Crippen LogP contribution in [0.25, 0.3) is 0 Å². The zero-order chi connectivity index (χ0) is 15.1. The third-order valence-electron chi connectivity index (χ3n) is 3.11. The second-order valence-electron chi connectivity index (χ2n) is 5.67. The molecule has 0 saturated heterocycles. The molecule has 1 N–H and O–H groups in total. The van der Waals surface area contributed by atoms with E-state index in [1.54, 1.807) is 6.20 Å². The maximum absolute atomic E-state index is 6.36. The first-order chi connectivity index (χ1) is 9.45. The quantitative estimate of drug-likeness (QED) is 0.753. The van der Waals surface area contributed by atoms with Gasteiger partial charge in [-0.1, -0.05) is 18.5 Å². The van der Waals surface area contributed by atoms with Crippen LogP contribution in [0.4, 0.5) is 0 Å². The second kappa shape index (κ2) is 8.62. The number of halogens is 1. The first-order valence-electron chi connectivity index (χ1n) is 7.19. The van der Waals surface area contributed by atoms with Crippen molar-refractivity contribution < 1.29 is 0 Å². The fraction of sp³-hybridized carbons (Fsp3) is 0.786. The molecule has 0 amide bonds. The average molecular weight is 302 g/mol. The van der Waals surface area contributed by atoms with E-state index in [4.69, 9.17) is 11.6 Å². The summed E-state index contributed by atoms with van der Waals surface area (Å²) in [6, 6.07) is 0.210. The Kier molecular flexibility index (Phi) is 7.51. The maximum atomic E-state index is 6.36. The van der Waals surface area contributed by atoms with E-state index in [-0.39, 0.29) is 6.04 Å². The van der Waals surface area contributed by atoms with Crippen molar-refractivity contribution in [1.29, 1.82) is 0 Å². The third-order valence-corrected chi connectivity index (χ3v) is 3.40. The van der Waals surface area contributed by atoms with Crippen molar-refractivity contribution in [3.63, 3.8) is 0 Å². The average Bonchev–Trinajstić information content (AvgIpc) is 2.73. The van der Waals surface area contributed by atoms with E-state index in [1.165, 1.54) is 0 Å². The predicted octanol–water partition coefficient (Wildman–Crippen LogP) is 1.70. The van der Waals surface area contributed by atoms with Crippen LogP contribution in [-0.4, -0.2) is 67.4 Å². The number of hydrogen-bond donors (Lipinski definition) is 1. The van der Waals surface area contributed by atoms with Crippen LogP contribution in [0.15, 0.2) is 6.20 Å². The molecule has 0 fully saturated rings. The Balaban J connectivity index is 2.89. The van der Waals surface area contributed by atoms with Crippen LogP contribution < -0.4 is 5.32 Å². The molecule has 6 heteroatoms. The van der Waals surface area contributed by atoms with Gasteiger partial charge in [-0.05, 0) is 41.2 Å². The topological polar surface area (TPSA) is 36.3 Å². The van der Waals surface area contributed by atoms with Crippen molar-refractivity contribution in [2.75, 3.05) is 47.8 Å². The second-order valence-corrected chi connectivity index (χ2v) is 6.08. The Labute approximate surface area is 127 Å². The monoisotopic (exact) mass is 301 g/mol. The summed E-state index contributed by atoms with van der Waals surface area (Å²) in [6.45, 7) is 5.87. The Hall–Kier alpha value is -0.620. The number of hydrogen-bond acceptors (Lipinski definition) is 4. The molecular weight excluding hydrogens is 274 g/mol. The summed E-state index contributed by atoms with van der Waals surface area (Å²) >= 11 is 6.36. The smallest absolute Gasteiger partial charge is 0.0834 e. The van der Waals surface area contributed by atoms with Gasteiger partial charge < -0.3 is 15.1 Å². The Bertz CT molecular complexity index is 389. The van der Waals surface area contributed by atoms with Gasteiger partial charge in [0.15, 0.2) is 0 Å². The predicted molar refractivity (Wildman–Crippen MR) is 85.4 cm³/mol. The van der Waals surface area contributed by atoms with E-state index in [9.17, 15) is 0 Å². The Morgan fingerprint density at radius 1 is 1.30 bits per heavy atom. The number of likely N-dealkylation sites (N-methyl/N-ethyl adjacent to an activating group) is 2. The minimum Gasteiger partial charge on any atom is -0.308 e. The minimum atomic E-state index is 0.210. The van der Waals surface area contributed by atoms with E-state index in [0.29, 0.717) is 0 Å². The van der Waals surface area contributed by atoms with Gasteiger partial charge in [-0.25, -0.2) is 0 Å². The van der Waals surface area contributed by atoms with Crippen LogP contribution in [0, 0.1) is 0 Å². The van der Waals surface area contributed by atoms with Gasteiger partial charge in [0.1, 0.15) is 0 Å². The van der Waals surface area contributed by atoms with Gasteiger partial charge in [0.2, 0.25) is 0 Å². The normalized spacial score (nSPS) is 13.4. The molecule has 1 heterocycles. The largest absolute Gasteiger partial charge is 0.308 e. The number of aromatic nitrogens is 2. The van der Waals surface area contributed by atoms with Crippen molar-refractivity contribution in [3.8, 4) is 0 Å². The van der Waals surface area contributed by atoms with Gasteiger partial charge >= 0.3 is 0 Å². The van der Waals surface area contributed by atoms with Crippen LogP contribution in [0.3, 0.4) is 0 Å². The van der Waals surface area contributed by atoms with Crippen LogP contribution in [0.1, 0.15) is 25.1 Å². The molecular formula is C14H28ClN5. The molecule has 1 unspecified atom stereocenters. The Morgan fingerprint density at radius 3 is 2.55 bits per heavy atom. The molecule has 0 aromatic carbocycles. The van der Waals surface area contributed by atoms with Gasteiger partial charge in [-0.15, -0.1) is 0 Å². The zero-order valence-corrected chi connectivity index (χ0v) is 14.1. The molecule has 1 aromatic heterocycles. The Morgan fingerprint density at radius 2 is 2.00 bits per heavy atom. The molecule has 0 aliphatic rings. The number of nitrogens with one attached hydrogen (secondary N) is 1. The van der Waals surface area contributed by atoms with Gasteiger partial charge in [0, 0.05) is 13.1 Å². The summed E-state index contributed by atoms with van der Waals surface area (Å²) < 4.78 is 2.03. The fourth-order valence-corrected chi connectivity index (χ4v) is 2.40. The lowest BCUT2D eigenvalue weighted by Gasteiger charge is -2.24. The lowest BCUT2D eigenvalue weighted by Crippen LogP contribution is -2.34. The summed E-state index contributed by atoms with van der Waals surface area (Å²) in [7, 11) is 8.29. The fourth-order valence-electron chi connectivity index (χ4n) is 2.12.